The number of methoxy groups -OCH3 is 2. The quantitative estimate of drug-likeness (QED) is 0.794. The molecular formula is C16H15N3O2. The summed E-state index contributed by atoms with van der Waals surface area (Å²) in [4.78, 5) is 0. The first-order chi connectivity index (χ1) is 10.3. The molecule has 3 aromatic rings. The summed E-state index contributed by atoms with van der Waals surface area (Å²) in [5.41, 5.74) is 0.934. The highest BCUT2D eigenvalue weighted by Crippen LogP contribution is 2.38. The summed E-state index contributed by atoms with van der Waals surface area (Å²) in [5.74, 6) is 1.94. The Kier molecular flexibility index (Phi) is 3.55. The van der Waals surface area contributed by atoms with E-state index >= 15 is 0 Å². The molecule has 0 spiro atoms. The van der Waals surface area contributed by atoms with Crippen LogP contribution >= 0.6 is 0 Å². The summed E-state index contributed by atoms with van der Waals surface area (Å²) in [7, 11) is 3.23. The van der Waals surface area contributed by atoms with Crippen molar-refractivity contribution in [3.8, 4) is 11.5 Å². The monoisotopic (exact) mass is 281 g/mol. The van der Waals surface area contributed by atoms with Crippen LogP contribution in [-0.2, 0) is 0 Å². The van der Waals surface area contributed by atoms with E-state index < -0.39 is 0 Å². The van der Waals surface area contributed by atoms with Gasteiger partial charge in [0.1, 0.15) is 0 Å². The Balaban J connectivity index is 2.18. The number of hydrogen-bond donors (Lipinski definition) is 1. The highest BCUT2D eigenvalue weighted by molar-refractivity contribution is 5.99. The third-order valence-electron chi connectivity index (χ3n) is 3.21. The van der Waals surface area contributed by atoms with Crippen molar-refractivity contribution in [2.24, 2.45) is 0 Å². The van der Waals surface area contributed by atoms with Gasteiger partial charge in [-0.3, -0.25) is 0 Å². The average Bonchev–Trinajstić information content (AvgIpc) is 2.55. The summed E-state index contributed by atoms with van der Waals surface area (Å²) in [6, 6.07) is 13.6. The summed E-state index contributed by atoms with van der Waals surface area (Å²) in [5, 5.41) is 13.3. The van der Waals surface area contributed by atoms with Crippen LogP contribution in [0, 0.1) is 0 Å². The standard InChI is InChI=1S/C16H15N3O2/c1-20-13-9-8-11-10-17-19-16(14(11)15(13)21-2)18-12-6-4-3-5-7-12/h3-10H,1-2H3,(H,18,19). The normalized spacial score (nSPS) is 10.4. The molecule has 0 bridgehead atoms. The molecule has 106 valence electrons. The lowest BCUT2D eigenvalue weighted by molar-refractivity contribution is 0.358. The first-order valence-electron chi connectivity index (χ1n) is 6.52. The number of ether oxygens (including phenoxy) is 2. The van der Waals surface area contributed by atoms with Gasteiger partial charge in [0.2, 0.25) is 0 Å². The molecule has 0 atom stereocenters. The molecule has 0 saturated heterocycles. The second-order valence-corrected chi connectivity index (χ2v) is 4.45. The lowest BCUT2D eigenvalue weighted by atomic mass is 10.1. The van der Waals surface area contributed by atoms with Crippen molar-refractivity contribution in [2.45, 2.75) is 0 Å². The van der Waals surface area contributed by atoms with Crippen molar-refractivity contribution in [2.75, 3.05) is 19.5 Å². The minimum absolute atomic E-state index is 0.634. The molecule has 0 aliphatic carbocycles. The van der Waals surface area contributed by atoms with Gasteiger partial charge in [-0.25, -0.2) is 0 Å². The van der Waals surface area contributed by atoms with E-state index in [0.29, 0.717) is 17.3 Å². The van der Waals surface area contributed by atoms with E-state index in [0.717, 1.165) is 16.5 Å². The molecule has 0 radical (unpaired) electrons. The number of para-hydroxylation sites is 1. The van der Waals surface area contributed by atoms with Gasteiger partial charge in [-0.2, -0.15) is 5.10 Å². The maximum absolute atomic E-state index is 5.50. The molecule has 0 fully saturated rings. The van der Waals surface area contributed by atoms with Gasteiger partial charge in [0.25, 0.3) is 0 Å². The van der Waals surface area contributed by atoms with Crippen molar-refractivity contribution in [3.05, 3.63) is 48.7 Å². The minimum atomic E-state index is 0.634. The van der Waals surface area contributed by atoms with E-state index in [9.17, 15) is 0 Å². The van der Waals surface area contributed by atoms with Gasteiger partial charge in [-0.1, -0.05) is 18.2 Å². The van der Waals surface area contributed by atoms with E-state index in [1.165, 1.54) is 0 Å². The summed E-state index contributed by atoms with van der Waals surface area (Å²) in [6.07, 6.45) is 1.70. The number of anilines is 2. The molecule has 0 saturated carbocycles. The van der Waals surface area contributed by atoms with E-state index in [1.807, 2.05) is 42.5 Å². The van der Waals surface area contributed by atoms with E-state index in [4.69, 9.17) is 9.47 Å². The molecule has 1 aromatic heterocycles. The van der Waals surface area contributed by atoms with Crippen LogP contribution in [0.5, 0.6) is 11.5 Å². The molecule has 2 aromatic carbocycles. The second-order valence-electron chi connectivity index (χ2n) is 4.45. The van der Waals surface area contributed by atoms with Crippen LogP contribution in [0.2, 0.25) is 0 Å². The summed E-state index contributed by atoms with van der Waals surface area (Å²) in [6.45, 7) is 0. The number of nitrogens with one attached hydrogen (secondary N) is 1. The molecule has 0 unspecified atom stereocenters. The number of nitrogens with zero attached hydrogens (tertiary/aromatic N) is 2. The predicted octanol–water partition coefficient (Wildman–Crippen LogP) is 3.39. The Bertz CT molecular complexity index is 760. The summed E-state index contributed by atoms with van der Waals surface area (Å²) < 4.78 is 10.8. The topological polar surface area (TPSA) is 56.3 Å². The number of rotatable bonds is 4. The first-order valence-corrected chi connectivity index (χ1v) is 6.52. The van der Waals surface area contributed by atoms with Crippen LogP contribution in [0.4, 0.5) is 11.5 Å². The minimum Gasteiger partial charge on any atom is -0.493 e. The smallest absolute Gasteiger partial charge is 0.172 e. The first kappa shape index (κ1) is 13.2. The van der Waals surface area contributed by atoms with Crippen LogP contribution in [0.25, 0.3) is 10.8 Å². The van der Waals surface area contributed by atoms with Crippen molar-refractivity contribution in [1.82, 2.24) is 10.2 Å². The molecule has 5 heteroatoms. The summed E-state index contributed by atoms with van der Waals surface area (Å²) >= 11 is 0. The van der Waals surface area contributed by atoms with Gasteiger partial charge >= 0.3 is 0 Å². The molecule has 1 N–H and O–H groups in total. The predicted molar refractivity (Wildman–Crippen MR) is 82.4 cm³/mol. The van der Waals surface area contributed by atoms with Gasteiger partial charge in [-0.15, -0.1) is 5.10 Å². The van der Waals surface area contributed by atoms with E-state index in [1.54, 1.807) is 20.4 Å². The van der Waals surface area contributed by atoms with Crippen molar-refractivity contribution >= 4 is 22.3 Å². The van der Waals surface area contributed by atoms with Crippen molar-refractivity contribution in [3.63, 3.8) is 0 Å². The Morgan fingerprint density at radius 2 is 1.76 bits per heavy atom. The number of aromatic nitrogens is 2. The molecule has 0 aliphatic rings. The Morgan fingerprint density at radius 3 is 2.48 bits per heavy atom. The molecule has 3 rings (SSSR count). The molecule has 1 heterocycles. The second kappa shape index (κ2) is 5.66. The maximum Gasteiger partial charge on any atom is 0.172 e. The zero-order valence-corrected chi connectivity index (χ0v) is 11.8. The molecule has 0 aliphatic heterocycles. The van der Waals surface area contributed by atoms with Gasteiger partial charge in [-0.05, 0) is 24.3 Å². The third kappa shape index (κ3) is 2.45. The zero-order valence-electron chi connectivity index (χ0n) is 11.8. The van der Waals surface area contributed by atoms with E-state index in [-0.39, 0.29) is 0 Å². The van der Waals surface area contributed by atoms with Gasteiger partial charge in [0, 0.05) is 11.1 Å². The van der Waals surface area contributed by atoms with Crippen LogP contribution in [0.1, 0.15) is 0 Å². The lowest BCUT2D eigenvalue weighted by Gasteiger charge is -2.13. The SMILES string of the molecule is COc1ccc2cnnc(Nc3ccccc3)c2c1OC. The fourth-order valence-corrected chi connectivity index (χ4v) is 2.24. The van der Waals surface area contributed by atoms with Gasteiger partial charge < -0.3 is 14.8 Å². The largest absolute Gasteiger partial charge is 0.493 e. The molecule has 21 heavy (non-hydrogen) atoms. The van der Waals surface area contributed by atoms with E-state index in [2.05, 4.69) is 15.5 Å². The fourth-order valence-electron chi connectivity index (χ4n) is 2.24. The Labute approximate surface area is 122 Å². The van der Waals surface area contributed by atoms with Gasteiger partial charge in [0.05, 0.1) is 25.8 Å². The highest BCUT2D eigenvalue weighted by Gasteiger charge is 2.14. The molecule has 0 amide bonds. The van der Waals surface area contributed by atoms with Crippen LogP contribution in [-0.4, -0.2) is 24.4 Å². The lowest BCUT2D eigenvalue weighted by Crippen LogP contribution is -1.99. The Morgan fingerprint density at radius 1 is 0.952 bits per heavy atom. The number of fused-ring (bicyclic) bond motifs is 1. The average molecular weight is 281 g/mol. The van der Waals surface area contributed by atoms with Crippen molar-refractivity contribution in [1.29, 1.82) is 0 Å². The van der Waals surface area contributed by atoms with Gasteiger partial charge in [0.15, 0.2) is 17.3 Å². The molecular weight excluding hydrogens is 266 g/mol. The molecule has 5 nitrogen and oxygen atoms in total. The Hall–Kier alpha value is -2.82. The fraction of sp³-hybridized carbons (Fsp3) is 0.125. The third-order valence-corrected chi connectivity index (χ3v) is 3.21. The zero-order chi connectivity index (χ0) is 14.7. The van der Waals surface area contributed by atoms with Crippen molar-refractivity contribution < 1.29 is 9.47 Å². The van der Waals surface area contributed by atoms with Crippen LogP contribution in [0.15, 0.2) is 48.7 Å². The van der Waals surface area contributed by atoms with Crippen LogP contribution in [0.3, 0.4) is 0 Å². The number of benzene rings is 2. The highest BCUT2D eigenvalue weighted by atomic mass is 16.5. The maximum atomic E-state index is 5.50. The number of hydrogen-bond acceptors (Lipinski definition) is 5. The van der Waals surface area contributed by atoms with Crippen LogP contribution < -0.4 is 14.8 Å².